The number of rotatable bonds is 5. The first kappa shape index (κ1) is 16.8. The van der Waals surface area contributed by atoms with E-state index < -0.39 is 11.8 Å². The molecule has 0 aliphatic rings. The van der Waals surface area contributed by atoms with E-state index in [9.17, 15) is 9.59 Å². The quantitative estimate of drug-likeness (QED) is 0.827. The monoisotopic (exact) mass is 332 g/mol. The van der Waals surface area contributed by atoms with E-state index in [0.717, 1.165) is 6.42 Å². The van der Waals surface area contributed by atoms with Gasteiger partial charge in [-0.25, -0.2) is 0 Å². The summed E-state index contributed by atoms with van der Waals surface area (Å²) in [6.07, 6.45) is 0.939. The maximum absolute atomic E-state index is 11.9. The molecule has 2 aromatic carbocycles. The van der Waals surface area contributed by atoms with Gasteiger partial charge in [0.1, 0.15) is 5.75 Å². The van der Waals surface area contributed by atoms with Gasteiger partial charge in [-0.1, -0.05) is 42.8 Å². The lowest BCUT2D eigenvalue weighted by Crippen LogP contribution is -2.43. The fourth-order valence-electron chi connectivity index (χ4n) is 1.85. The Morgan fingerprint density at radius 2 is 1.74 bits per heavy atom. The van der Waals surface area contributed by atoms with E-state index in [-0.39, 0.29) is 12.2 Å². The van der Waals surface area contributed by atoms with Crippen molar-refractivity contribution in [1.82, 2.24) is 10.9 Å². The van der Waals surface area contributed by atoms with E-state index in [1.165, 1.54) is 5.56 Å². The molecule has 2 N–H and O–H groups in total. The van der Waals surface area contributed by atoms with Crippen LogP contribution in [0.3, 0.4) is 0 Å². The Morgan fingerprint density at radius 3 is 2.39 bits per heavy atom. The number of amides is 2. The first-order chi connectivity index (χ1) is 11.1. The number of halogens is 1. The second-order valence-corrected chi connectivity index (χ2v) is 5.18. The summed E-state index contributed by atoms with van der Waals surface area (Å²) in [6.45, 7) is 1.86. The van der Waals surface area contributed by atoms with Gasteiger partial charge in [0.05, 0.1) is 10.6 Å². The average Bonchev–Trinajstić information content (AvgIpc) is 2.58. The first-order valence-corrected chi connectivity index (χ1v) is 7.53. The zero-order valence-electron chi connectivity index (χ0n) is 12.6. The summed E-state index contributed by atoms with van der Waals surface area (Å²) >= 11 is 5.90. The van der Waals surface area contributed by atoms with Crippen molar-refractivity contribution in [1.29, 1.82) is 0 Å². The van der Waals surface area contributed by atoms with Crippen molar-refractivity contribution in [3.63, 3.8) is 0 Å². The minimum Gasteiger partial charge on any atom is -0.484 e. The SMILES string of the molecule is CCc1ccc(OCC(=O)NNC(=O)c2ccccc2Cl)cc1. The standard InChI is InChI=1S/C17H17ClN2O3/c1-2-12-7-9-13(10-8-12)23-11-16(21)19-20-17(22)14-5-3-4-6-15(14)18/h3-10H,2,11H2,1H3,(H,19,21)(H,20,22). The lowest BCUT2D eigenvalue weighted by Gasteiger charge is -2.09. The molecule has 23 heavy (non-hydrogen) atoms. The highest BCUT2D eigenvalue weighted by Gasteiger charge is 2.10. The molecule has 2 aromatic rings. The maximum atomic E-state index is 11.9. The number of hydrazine groups is 1. The predicted molar refractivity (Wildman–Crippen MR) is 88.4 cm³/mol. The highest BCUT2D eigenvalue weighted by Crippen LogP contribution is 2.14. The molecule has 0 heterocycles. The van der Waals surface area contributed by atoms with Gasteiger partial charge in [0.2, 0.25) is 0 Å². The Labute approximate surface area is 139 Å². The van der Waals surface area contributed by atoms with Crippen LogP contribution in [0, 0.1) is 0 Å². The number of ether oxygens (including phenoxy) is 1. The third-order valence-corrected chi connectivity index (χ3v) is 3.47. The van der Waals surface area contributed by atoms with Crippen LogP contribution in [0.5, 0.6) is 5.75 Å². The molecule has 0 spiro atoms. The van der Waals surface area contributed by atoms with Crippen molar-refractivity contribution in [3.05, 3.63) is 64.7 Å². The molecule has 0 unspecified atom stereocenters. The van der Waals surface area contributed by atoms with Crippen LogP contribution in [0.25, 0.3) is 0 Å². The molecule has 5 nitrogen and oxygen atoms in total. The molecular formula is C17H17ClN2O3. The third-order valence-electron chi connectivity index (χ3n) is 3.14. The van der Waals surface area contributed by atoms with Crippen LogP contribution in [0.2, 0.25) is 5.02 Å². The summed E-state index contributed by atoms with van der Waals surface area (Å²) in [5.74, 6) is -0.365. The summed E-state index contributed by atoms with van der Waals surface area (Å²) in [7, 11) is 0. The van der Waals surface area contributed by atoms with E-state index >= 15 is 0 Å². The minimum absolute atomic E-state index is 0.200. The number of benzene rings is 2. The van der Waals surface area contributed by atoms with Crippen LogP contribution >= 0.6 is 11.6 Å². The van der Waals surface area contributed by atoms with Crippen molar-refractivity contribution >= 4 is 23.4 Å². The molecule has 120 valence electrons. The van der Waals surface area contributed by atoms with Crippen LogP contribution in [-0.4, -0.2) is 18.4 Å². The molecule has 2 amide bonds. The molecule has 0 saturated heterocycles. The molecule has 0 saturated carbocycles. The van der Waals surface area contributed by atoms with Crippen LogP contribution < -0.4 is 15.6 Å². The van der Waals surface area contributed by atoms with Gasteiger partial charge in [-0.3, -0.25) is 20.4 Å². The Kier molecular flexibility index (Phi) is 6.00. The number of carbonyl (C=O) groups is 2. The van der Waals surface area contributed by atoms with Gasteiger partial charge >= 0.3 is 0 Å². The van der Waals surface area contributed by atoms with E-state index in [4.69, 9.17) is 16.3 Å². The van der Waals surface area contributed by atoms with Gasteiger partial charge in [-0.15, -0.1) is 0 Å². The minimum atomic E-state index is -0.490. The fraction of sp³-hybridized carbons (Fsp3) is 0.176. The second-order valence-electron chi connectivity index (χ2n) is 4.77. The Bertz CT molecular complexity index is 686. The van der Waals surface area contributed by atoms with Gasteiger partial charge in [-0.2, -0.15) is 0 Å². The number of carbonyl (C=O) groups excluding carboxylic acids is 2. The maximum Gasteiger partial charge on any atom is 0.276 e. The molecular weight excluding hydrogens is 316 g/mol. The normalized spacial score (nSPS) is 10.0. The van der Waals surface area contributed by atoms with Gasteiger partial charge < -0.3 is 4.74 Å². The third kappa shape index (κ3) is 5.00. The predicted octanol–water partition coefficient (Wildman–Crippen LogP) is 2.74. The Balaban J connectivity index is 1.78. The van der Waals surface area contributed by atoms with Gasteiger partial charge in [-0.05, 0) is 36.2 Å². The molecule has 0 radical (unpaired) electrons. The van der Waals surface area contributed by atoms with Crippen molar-refractivity contribution in [2.24, 2.45) is 0 Å². The molecule has 2 rings (SSSR count). The smallest absolute Gasteiger partial charge is 0.276 e. The van der Waals surface area contributed by atoms with Crippen LogP contribution in [0.4, 0.5) is 0 Å². The summed E-state index contributed by atoms with van der Waals surface area (Å²) in [4.78, 5) is 23.5. The zero-order valence-corrected chi connectivity index (χ0v) is 13.4. The molecule has 0 aliphatic carbocycles. The number of hydrogen-bond acceptors (Lipinski definition) is 3. The van der Waals surface area contributed by atoms with Crippen molar-refractivity contribution in [3.8, 4) is 5.75 Å². The highest BCUT2D eigenvalue weighted by molar-refractivity contribution is 6.33. The molecule has 0 atom stereocenters. The zero-order chi connectivity index (χ0) is 16.7. The van der Waals surface area contributed by atoms with Gasteiger partial charge in [0.25, 0.3) is 11.8 Å². The Morgan fingerprint density at radius 1 is 1.04 bits per heavy atom. The van der Waals surface area contributed by atoms with E-state index in [1.54, 1.807) is 36.4 Å². The second kappa shape index (κ2) is 8.19. The van der Waals surface area contributed by atoms with Crippen LogP contribution in [-0.2, 0) is 11.2 Å². The largest absolute Gasteiger partial charge is 0.484 e. The van der Waals surface area contributed by atoms with Gasteiger partial charge in [0, 0.05) is 0 Å². The average molecular weight is 333 g/mol. The number of hydrogen-bond donors (Lipinski definition) is 2. The molecule has 0 fully saturated rings. The summed E-state index contributed by atoms with van der Waals surface area (Å²) in [5, 5.41) is 0.312. The van der Waals surface area contributed by atoms with E-state index in [2.05, 4.69) is 17.8 Å². The van der Waals surface area contributed by atoms with E-state index in [0.29, 0.717) is 10.8 Å². The topological polar surface area (TPSA) is 67.4 Å². The lowest BCUT2D eigenvalue weighted by atomic mass is 10.2. The molecule has 6 heteroatoms. The fourth-order valence-corrected chi connectivity index (χ4v) is 2.07. The summed E-state index contributed by atoms with van der Waals surface area (Å²) in [6, 6.07) is 14.0. The van der Waals surface area contributed by atoms with Crippen LogP contribution in [0.1, 0.15) is 22.8 Å². The summed E-state index contributed by atoms with van der Waals surface area (Å²) < 4.78 is 5.34. The number of nitrogens with one attached hydrogen (secondary N) is 2. The van der Waals surface area contributed by atoms with E-state index in [1.807, 2.05) is 12.1 Å². The lowest BCUT2D eigenvalue weighted by molar-refractivity contribution is -0.123. The molecule has 0 aromatic heterocycles. The van der Waals surface area contributed by atoms with Crippen LogP contribution in [0.15, 0.2) is 48.5 Å². The first-order valence-electron chi connectivity index (χ1n) is 7.15. The number of aryl methyl sites for hydroxylation is 1. The molecule has 0 bridgehead atoms. The molecule has 0 aliphatic heterocycles. The Hall–Kier alpha value is -2.53. The van der Waals surface area contributed by atoms with Crippen molar-refractivity contribution in [2.75, 3.05) is 6.61 Å². The summed E-state index contributed by atoms with van der Waals surface area (Å²) in [5.41, 5.74) is 6.04. The van der Waals surface area contributed by atoms with Crippen molar-refractivity contribution in [2.45, 2.75) is 13.3 Å². The van der Waals surface area contributed by atoms with Gasteiger partial charge in [0.15, 0.2) is 6.61 Å². The highest BCUT2D eigenvalue weighted by atomic mass is 35.5. The van der Waals surface area contributed by atoms with Crippen molar-refractivity contribution < 1.29 is 14.3 Å².